The lowest BCUT2D eigenvalue weighted by Gasteiger charge is -2.32. The van der Waals surface area contributed by atoms with Crippen molar-refractivity contribution < 1.29 is 14.6 Å². The summed E-state index contributed by atoms with van der Waals surface area (Å²) < 4.78 is 5.23. The van der Waals surface area contributed by atoms with E-state index in [1.807, 2.05) is 4.90 Å². The van der Waals surface area contributed by atoms with Crippen LogP contribution in [0.3, 0.4) is 0 Å². The van der Waals surface area contributed by atoms with Crippen molar-refractivity contribution >= 4 is 29.2 Å². The molecule has 4 nitrogen and oxygen atoms in total. The van der Waals surface area contributed by atoms with E-state index in [9.17, 15) is 9.90 Å². The number of morpholine rings is 1. The monoisotopic (exact) mass is 289 g/mol. The van der Waals surface area contributed by atoms with Gasteiger partial charge in [0.15, 0.2) is 0 Å². The molecule has 6 heteroatoms. The minimum atomic E-state index is -0.907. The first-order valence-corrected chi connectivity index (χ1v) is 6.34. The van der Waals surface area contributed by atoms with E-state index in [0.29, 0.717) is 41.9 Å². The molecule has 1 N–H and O–H groups in total. The maximum Gasteiger partial charge on any atom is 0.325 e. The molecule has 1 fully saturated rings. The van der Waals surface area contributed by atoms with E-state index in [0.717, 1.165) is 0 Å². The summed E-state index contributed by atoms with van der Waals surface area (Å²) in [6, 6.07) is 4.14. The van der Waals surface area contributed by atoms with Crippen LogP contribution in [0.15, 0.2) is 18.2 Å². The molecule has 0 amide bonds. The van der Waals surface area contributed by atoms with Gasteiger partial charge in [-0.3, -0.25) is 9.69 Å². The zero-order chi connectivity index (χ0) is 13.1. The zero-order valence-corrected chi connectivity index (χ0v) is 11.1. The summed E-state index contributed by atoms with van der Waals surface area (Å²) in [6.07, 6.45) is 0. The van der Waals surface area contributed by atoms with E-state index in [2.05, 4.69) is 0 Å². The van der Waals surface area contributed by atoms with Gasteiger partial charge in [-0.25, -0.2) is 0 Å². The van der Waals surface area contributed by atoms with Crippen LogP contribution in [0.1, 0.15) is 11.6 Å². The van der Waals surface area contributed by atoms with Crippen LogP contribution < -0.4 is 0 Å². The molecular formula is C12H13Cl2NO3. The number of nitrogens with zero attached hydrogens (tertiary/aromatic N) is 1. The molecule has 2 rings (SSSR count). The van der Waals surface area contributed by atoms with Crippen LogP contribution in [0, 0.1) is 0 Å². The fraction of sp³-hybridized carbons (Fsp3) is 0.417. The van der Waals surface area contributed by atoms with Crippen LogP contribution in [-0.4, -0.2) is 42.3 Å². The molecule has 0 radical (unpaired) electrons. The second-order valence-corrected chi connectivity index (χ2v) is 4.96. The van der Waals surface area contributed by atoms with E-state index in [1.54, 1.807) is 18.2 Å². The second kappa shape index (κ2) is 5.89. The fourth-order valence-electron chi connectivity index (χ4n) is 2.08. The van der Waals surface area contributed by atoms with E-state index in [-0.39, 0.29) is 0 Å². The van der Waals surface area contributed by atoms with Crippen molar-refractivity contribution in [2.75, 3.05) is 26.3 Å². The molecule has 1 aromatic rings. The van der Waals surface area contributed by atoms with Gasteiger partial charge in [-0.15, -0.1) is 0 Å². The number of halogens is 2. The Kier molecular flexibility index (Phi) is 4.45. The third-order valence-electron chi connectivity index (χ3n) is 2.85. The molecule has 0 saturated carbocycles. The van der Waals surface area contributed by atoms with Gasteiger partial charge in [0.25, 0.3) is 0 Å². The van der Waals surface area contributed by atoms with Crippen LogP contribution in [0.4, 0.5) is 0 Å². The van der Waals surface area contributed by atoms with Gasteiger partial charge in [0.05, 0.1) is 13.2 Å². The van der Waals surface area contributed by atoms with Crippen molar-refractivity contribution in [3.8, 4) is 0 Å². The van der Waals surface area contributed by atoms with E-state index in [4.69, 9.17) is 27.9 Å². The van der Waals surface area contributed by atoms with E-state index in [1.165, 1.54) is 0 Å². The normalized spacial score (nSPS) is 18.6. The minimum absolute atomic E-state index is 0.442. The molecule has 98 valence electrons. The van der Waals surface area contributed by atoms with Gasteiger partial charge in [0.2, 0.25) is 0 Å². The number of carboxylic acid groups (broad SMARTS) is 1. The van der Waals surface area contributed by atoms with Crippen molar-refractivity contribution in [3.63, 3.8) is 0 Å². The molecule has 1 saturated heterocycles. The predicted molar refractivity (Wildman–Crippen MR) is 69.2 cm³/mol. The largest absolute Gasteiger partial charge is 0.480 e. The molecule has 0 unspecified atom stereocenters. The molecular weight excluding hydrogens is 277 g/mol. The Labute approximate surface area is 115 Å². The summed E-state index contributed by atoms with van der Waals surface area (Å²) in [7, 11) is 0. The average molecular weight is 290 g/mol. The standard InChI is InChI=1S/C12H13Cl2NO3/c13-9-5-8(6-10(14)7-9)11(12(16)17)15-1-3-18-4-2-15/h5-7,11H,1-4H2,(H,16,17)/t11-/m0/s1. The van der Waals surface area contributed by atoms with Gasteiger partial charge in [-0.05, 0) is 23.8 Å². The smallest absolute Gasteiger partial charge is 0.325 e. The first-order chi connectivity index (χ1) is 8.58. The SMILES string of the molecule is O=C(O)[C@H](c1cc(Cl)cc(Cl)c1)N1CCOCC1. The molecule has 1 heterocycles. The molecule has 1 atom stereocenters. The number of aliphatic carboxylic acids is 1. The molecule has 0 bridgehead atoms. The lowest BCUT2D eigenvalue weighted by atomic mass is 10.0. The lowest BCUT2D eigenvalue weighted by Crippen LogP contribution is -2.42. The second-order valence-electron chi connectivity index (χ2n) is 4.09. The van der Waals surface area contributed by atoms with Crippen molar-refractivity contribution in [3.05, 3.63) is 33.8 Å². The Hall–Kier alpha value is -0.810. The third kappa shape index (κ3) is 3.14. The number of benzene rings is 1. The highest BCUT2D eigenvalue weighted by molar-refractivity contribution is 6.34. The number of carboxylic acids is 1. The number of hydrogen-bond donors (Lipinski definition) is 1. The Bertz CT molecular complexity index is 427. The van der Waals surface area contributed by atoms with Crippen molar-refractivity contribution in [1.82, 2.24) is 4.90 Å². The van der Waals surface area contributed by atoms with Crippen LogP contribution in [0.25, 0.3) is 0 Å². The Morgan fingerprint density at radius 1 is 1.22 bits per heavy atom. The van der Waals surface area contributed by atoms with Gasteiger partial charge in [0.1, 0.15) is 6.04 Å². The summed E-state index contributed by atoms with van der Waals surface area (Å²) in [5, 5.41) is 10.3. The van der Waals surface area contributed by atoms with E-state index >= 15 is 0 Å². The van der Waals surface area contributed by atoms with E-state index < -0.39 is 12.0 Å². The molecule has 1 aromatic carbocycles. The highest BCUT2D eigenvalue weighted by atomic mass is 35.5. The Morgan fingerprint density at radius 3 is 2.28 bits per heavy atom. The van der Waals surface area contributed by atoms with Crippen LogP contribution >= 0.6 is 23.2 Å². The maximum absolute atomic E-state index is 11.5. The summed E-state index contributed by atoms with van der Waals surface area (Å²) in [4.78, 5) is 13.3. The quantitative estimate of drug-likeness (QED) is 0.929. The maximum atomic E-state index is 11.5. The fourth-order valence-corrected chi connectivity index (χ4v) is 2.62. The summed E-state index contributed by atoms with van der Waals surface area (Å²) in [5.74, 6) is -0.907. The Balaban J connectivity index is 2.31. The minimum Gasteiger partial charge on any atom is -0.480 e. The zero-order valence-electron chi connectivity index (χ0n) is 9.60. The summed E-state index contributed by atoms with van der Waals surface area (Å²) in [5.41, 5.74) is 0.599. The number of carbonyl (C=O) groups is 1. The van der Waals surface area contributed by atoms with Crippen molar-refractivity contribution in [2.24, 2.45) is 0 Å². The molecule has 18 heavy (non-hydrogen) atoms. The van der Waals surface area contributed by atoms with Gasteiger partial charge in [-0.2, -0.15) is 0 Å². The first-order valence-electron chi connectivity index (χ1n) is 5.58. The predicted octanol–water partition coefficient (Wildman–Crippen LogP) is 2.45. The first kappa shape index (κ1) is 13.6. The van der Waals surface area contributed by atoms with Crippen LogP contribution in [0.5, 0.6) is 0 Å². The summed E-state index contributed by atoms with van der Waals surface area (Å²) >= 11 is 11.8. The highest BCUT2D eigenvalue weighted by Gasteiger charge is 2.29. The molecule has 0 spiro atoms. The average Bonchev–Trinajstić information content (AvgIpc) is 2.28. The van der Waals surface area contributed by atoms with Crippen molar-refractivity contribution in [1.29, 1.82) is 0 Å². The van der Waals surface area contributed by atoms with Gasteiger partial charge < -0.3 is 9.84 Å². The third-order valence-corrected chi connectivity index (χ3v) is 3.28. The number of rotatable bonds is 3. The van der Waals surface area contributed by atoms with Crippen molar-refractivity contribution in [2.45, 2.75) is 6.04 Å². The van der Waals surface area contributed by atoms with Gasteiger partial charge in [0, 0.05) is 23.1 Å². The van der Waals surface area contributed by atoms with Crippen LogP contribution in [-0.2, 0) is 9.53 Å². The van der Waals surface area contributed by atoms with Gasteiger partial charge >= 0.3 is 5.97 Å². The topological polar surface area (TPSA) is 49.8 Å². The number of ether oxygens (including phenoxy) is 1. The van der Waals surface area contributed by atoms with Gasteiger partial charge in [-0.1, -0.05) is 23.2 Å². The summed E-state index contributed by atoms with van der Waals surface area (Å²) in [6.45, 7) is 2.25. The molecule has 1 aliphatic rings. The number of hydrogen-bond acceptors (Lipinski definition) is 3. The molecule has 1 aliphatic heterocycles. The lowest BCUT2D eigenvalue weighted by molar-refractivity contribution is -0.145. The Morgan fingerprint density at radius 2 is 1.78 bits per heavy atom. The molecule has 0 aromatic heterocycles. The van der Waals surface area contributed by atoms with Crippen LogP contribution in [0.2, 0.25) is 10.0 Å². The highest BCUT2D eigenvalue weighted by Crippen LogP contribution is 2.28. The molecule has 0 aliphatic carbocycles.